The number of hydrogen-bond acceptors (Lipinski definition) is 5. The Morgan fingerprint density at radius 3 is 2.50 bits per heavy atom. The summed E-state index contributed by atoms with van der Waals surface area (Å²) in [5.74, 6) is 0.847. The summed E-state index contributed by atoms with van der Waals surface area (Å²) in [5.41, 5.74) is 2.30. The molecule has 0 aliphatic carbocycles. The first-order valence-electron chi connectivity index (χ1n) is 11.7. The fraction of sp³-hybridized carbons (Fsp3) is 0.583. The van der Waals surface area contributed by atoms with Gasteiger partial charge in [0.25, 0.3) is 5.91 Å². The fourth-order valence-corrected chi connectivity index (χ4v) is 4.79. The minimum atomic E-state index is -0.117. The molecule has 0 aromatic carbocycles. The second kappa shape index (κ2) is 10.3. The smallest absolute Gasteiger partial charge is 0.255 e. The summed E-state index contributed by atoms with van der Waals surface area (Å²) in [7, 11) is 3.97. The Labute approximate surface area is 190 Å². The van der Waals surface area contributed by atoms with Crippen molar-refractivity contribution in [1.82, 2.24) is 29.9 Å². The Kier molecular flexibility index (Phi) is 7.19. The lowest BCUT2D eigenvalue weighted by molar-refractivity contribution is -0.138. The van der Waals surface area contributed by atoms with E-state index in [9.17, 15) is 9.59 Å². The van der Waals surface area contributed by atoms with Crippen LogP contribution in [-0.4, -0.2) is 69.6 Å². The van der Waals surface area contributed by atoms with E-state index in [0.29, 0.717) is 23.9 Å². The lowest BCUT2D eigenvalue weighted by atomic mass is 9.89. The molecule has 0 unspecified atom stereocenters. The summed E-state index contributed by atoms with van der Waals surface area (Å²) < 4.78 is 1.71. The molecule has 2 fully saturated rings. The van der Waals surface area contributed by atoms with Crippen molar-refractivity contribution in [3.8, 4) is 0 Å². The molecule has 8 nitrogen and oxygen atoms in total. The van der Waals surface area contributed by atoms with Crippen LogP contribution in [0.1, 0.15) is 47.4 Å². The lowest BCUT2D eigenvalue weighted by Crippen LogP contribution is -2.45. The predicted molar refractivity (Wildman–Crippen MR) is 122 cm³/mol. The molecule has 2 aliphatic heterocycles. The Bertz CT molecular complexity index is 912. The van der Waals surface area contributed by atoms with Gasteiger partial charge in [-0.05, 0) is 70.3 Å². The Hall–Kier alpha value is -2.74. The molecule has 0 atom stereocenters. The molecule has 4 heterocycles. The van der Waals surface area contributed by atoms with Crippen molar-refractivity contribution < 1.29 is 9.59 Å². The molecular weight excluding hydrogens is 404 g/mol. The largest absolute Gasteiger partial charge is 0.346 e. The van der Waals surface area contributed by atoms with E-state index in [1.807, 2.05) is 25.2 Å². The zero-order valence-electron chi connectivity index (χ0n) is 19.2. The zero-order valence-corrected chi connectivity index (χ0v) is 19.2. The summed E-state index contributed by atoms with van der Waals surface area (Å²) in [4.78, 5) is 34.3. The van der Waals surface area contributed by atoms with Crippen molar-refractivity contribution >= 4 is 11.8 Å². The Morgan fingerprint density at radius 2 is 1.81 bits per heavy atom. The molecule has 2 saturated heterocycles. The van der Waals surface area contributed by atoms with Crippen LogP contribution in [0.2, 0.25) is 0 Å². The molecule has 0 saturated carbocycles. The van der Waals surface area contributed by atoms with Gasteiger partial charge < -0.3 is 15.1 Å². The normalized spacial score (nSPS) is 18.6. The molecule has 1 N–H and O–H groups in total. The number of likely N-dealkylation sites (tertiary alicyclic amines) is 2. The zero-order chi connectivity index (χ0) is 22.5. The lowest BCUT2D eigenvalue weighted by Gasteiger charge is -2.36. The topological polar surface area (TPSA) is 83.4 Å². The molecular formula is C24H34N6O2. The minimum absolute atomic E-state index is 0.117. The monoisotopic (exact) mass is 438 g/mol. The van der Waals surface area contributed by atoms with Gasteiger partial charge in [-0.3, -0.25) is 19.3 Å². The van der Waals surface area contributed by atoms with Crippen LogP contribution in [0.5, 0.6) is 0 Å². The maximum absolute atomic E-state index is 12.9. The number of hydrogen-bond donors (Lipinski definition) is 1. The third-order valence-corrected chi connectivity index (χ3v) is 6.78. The van der Waals surface area contributed by atoms with Crippen LogP contribution in [0.4, 0.5) is 0 Å². The first kappa shape index (κ1) is 22.5. The number of nitrogens with zero attached hydrogens (tertiary/aromatic N) is 5. The molecule has 172 valence electrons. The SMILES string of the molecule is CN1CCC(C(=O)N2CCC(Cc3nn(C)cc3C(=O)NCc3ccccn3)CC2)CC1. The van der Waals surface area contributed by atoms with Gasteiger partial charge in [0, 0.05) is 38.4 Å². The van der Waals surface area contributed by atoms with Gasteiger partial charge >= 0.3 is 0 Å². The Balaban J connectivity index is 1.29. The van der Waals surface area contributed by atoms with Gasteiger partial charge in [0.05, 0.1) is 23.5 Å². The number of carbonyl (C=O) groups excluding carboxylic acids is 2. The van der Waals surface area contributed by atoms with Gasteiger partial charge in [-0.15, -0.1) is 0 Å². The fourth-order valence-electron chi connectivity index (χ4n) is 4.79. The third-order valence-electron chi connectivity index (χ3n) is 6.78. The number of piperidine rings is 2. The average molecular weight is 439 g/mol. The van der Waals surface area contributed by atoms with E-state index in [1.165, 1.54) is 0 Å². The summed E-state index contributed by atoms with van der Waals surface area (Å²) in [6.45, 7) is 4.04. The summed E-state index contributed by atoms with van der Waals surface area (Å²) in [5, 5.41) is 7.53. The van der Waals surface area contributed by atoms with Crippen molar-refractivity contribution in [2.24, 2.45) is 18.9 Å². The number of nitrogens with one attached hydrogen (secondary N) is 1. The first-order valence-corrected chi connectivity index (χ1v) is 11.7. The van der Waals surface area contributed by atoms with E-state index in [0.717, 1.165) is 69.7 Å². The molecule has 2 aromatic rings. The van der Waals surface area contributed by atoms with Gasteiger partial charge in [-0.25, -0.2) is 0 Å². The second-order valence-corrected chi connectivity index (χ2v) is 9.22. The molecule has 0 bridgehead atoms. The third kappa shape index (κ3) is 5.54. The van der Waals surface area contributed by atoms with E-state index in [-0.39, 0.29) is 11.8 Å². The van der Waals surface area contributed by atoms with Crippen molar-refractivity contribution in [3.05, 3.63) is 47.5 Å². The Morgan fingerprint density at radius 1 is 1.06 bits per heavy atom. The predicted octanol–water partition coefficient (Wildman–Crippen LogP) is 1.87. The highest BCUT2D eigenvalue weighted by Gasteiger charge is 2.31. The van der Waals surface area contributed by atoms with Crippen LogP contribution < -0.4 is 5.32 Å². The van der Waals surface area contributed by atoms with Gasteiger partial charge in [0.15, 0.2) is 0 Å². The van der Waals surface area contributed by atoms with E-state index >= 15 is 0 Å². The van der Waals surface area contributed by atoms with E-state index in [1.54, 1.807) is 17.1 Å². The van der Waals surface area contributed by atoms with Crippen molar-refractivity contribution in [2.45, 2.75) is 38.6 Å². The van der Waals surface area contributed by atoms with Gasteiger partial charge in [0.2, 0.25) is 5.91 Å². The van der Waals surface area contributed by atoms with Crippen LogP contribution in [0.3, 0.4) is 0 Å². The van der Waals surface area contributed by atoms with Crippen LogP contribution in [0, 0.1) is 11.8 Å². The molecule has 2 aromatic heterocycles. The molecule has 0 radical (unpaired) electrons. The second-order valence-electron chi connectivity index (χ2n) is 9.22. The van der Waals surface area contributed by atoms with Gasteiger partial charge in [-0.2, -0.15) is 5.10 Å². The highest BCUT2D eigenvalue weighted by molar-refractivity contribution is 5.95. The maximum atomic E-state index is 12.9. The van der Waals surface area contributed by atoms with Crippen molar-refractivity contribution in [3.63, 3.8) is 0 Å². The highest BCUT2D eigenvalue weighted by atomic mass is 16.2. The molecule has 4 rings (SSSR count). The first-order chi connectivity index (χ1) is 15.5. The van der Waals surface area contributed by atoms with Crippen LogP contribution in [0.15, 0.2) is 30.6 Å². The van der Waals surface area contributed by atoms with Crippen LogP contribution >= 0.6 is 0 Å². The summed E-state index contributed by atoms with van der Waals surface area (Å²) in [6.07, 6.45) is 8.15. The molecule has 2 amide bonds. The summed E-state index contributed by atoms with van der Waals surface area (Å²) in [6, 6.07) is 5.66. The molecule has 32 heavy (non-hydrogen) atoms. The molecule has 0 spiro atoms. The molecule has 2 aliphatic rings. The highest BCUT2D eigenvalue weighted by Crippen LogP contribution is 2.26. The quantitative estimate of drug-likeness (QED) is 0.745. The standard InChI is InChI=1S/C24H34N6O2/c1-28-11-8-19(9-12-28)24(32)30-13-6-18(7-14-30)15-22-21(17-29(2)27-22)23(31)26-16-20-5-3-4-10-25-20/h3-5,10,17-19H,6-9,11-16H2,1-2H3,(H,26,31). The van der Waals surface area contributed by atoms with Gasteiger partial charge in [0.1, 0.15) is 0 Å². The summed E-state index contributed by atoms with van der Waals surface area (Å²) >= 11 is 0. The number of rotatable bonds is 6. The van der Waals surface area contributed by atoms with Crippen molar-refractivity contribution in [1.29, 1.82) is 0 Å². The average Bonchev–Trinajstić information content (AvgIpc) is 3.18. The number of pyridine rings is 1. The van der Waals surface area contributed by atoms with Crippen LogP contribution in [0.25, 0.3) is 0 Å². The minimum Gasteiger partial charge on any atom is -0.346 e. The molecule has 8 heteroatoms. The number of carbonyl (C=O) groups is 2. The van der Waals surface area contributed by atoms with Gasteiger partial charge in [-0.1, -0.05) is 6.07 Å². The van der Waals surface area contributed by atoms with Crippen LogP contribution in [-0.2, 0) is 24.8 Å². The van der Waals surface area contributed by atoms with E-state index < -0.39 is 0 Å². The number of aromatic nitrogens is 3. The van der Waals surface area contributed by atoms with E-state index in [2.05, 4.69) is 32.2 Å². The number of amides is 2. The van der Waals surface area contributed by atoms with Crippen molar-refractivity contribution in [2.75, 3.05) is 33.2 Å². The maximum Gasteiger partial charge on any atom is 0.255 e. The van der Waals surface area contributed by atoms with E-state index in [4.69, 9.17) is 0 Å². The number of aryl methyl sites for hydroxylation is 1.